The van der Waals surface area contributed by atoms with E-state index in [2.05, 4.69) is 43.2 Å². The van der Waals surface area contributed by atoms with E-state index in [9.17, 15) is 9.59 Å². The SMILES string of the molecule is CC1(C)C(C(=O)Nc2sc3c(c2C(=O)NCCN2CCOCC2)CCOC3)C1(C)C. The number of morpholine rings is 1. The summed E-state index contributed by atoms with van der Waals surface area (Å²) in [6, 6.07) is 0. The minimum atomic E-state index is -0.104. The van der Waals surface area contributed by atoms with E-state index in [1.807, 2.05) is 0 Å². The van der Waals surface area contributed by atoms with Crippen molar-refractivity contribution in [2.45, 2.75) is 40.7 Å². The van der Waals surface area contributed by atoms with Gasteiger partial charge in [-0.25, -0.2) is 0 Å². The van der Waals surface area contributed by atoms with Crippen molar-refractivity contribution < 1.29 is 19.1 Å². The first kappa shape index (κ1) is 21.7. The Morgan fingerprint density at radius 3 is 2.47 bits per heavy atom. The Kier molecular flexibility index (Phi) is 5.96. The minimum absolute atomic E-state index is 0.00637. The van der Waals surface area contributed by atoms with Crippen LogP contribution in [0.15, 0.2) is 0 Å². The van der Waals surface area contributed by atoms with Gasteiger partial charge in [-0.2, -0.15) is 0 Å². The fourth-order valence-corrected chi connectivity index (χ4v) is 6.02. The van der Waals surface area contributed by atoms with Gasteiger partial charge in [-0.3, -0.25) is 14.5 Å². The highest BCUT2D eigenvalue weighted by molar-refractivity contribution is 7.17. The number of rotatable bonds is 6. The normalized spacial score (nSPS) is 22.9. The fraction of sp³-hybridized carbons (Fsp3) is 0.727. The molecule has 2 N–H and O–H groups in total. The Morgan fingerprint density at radius 2 is 1.80 bits per heavy atom. The van der Waals surface area contributed by atoms with Crippen molar-refractivity contribution in [3.63, 3.8) is 0 Å². The van der Waals surface area contributed by atoms with Crippen LogP contribution in [0.2, 0.25) is 0 Å². The van der Waals surface area contributed by atoms with Gasteiger partial charge in [0.05, 0.1) is 32.0 Å². The third kappa shape index (κ3) is 3.90. The van der Waals surface area contributed by atoms with E-state index in [1.54, 1.807) is 0 Å². The predicted octanol–water partition coefficient (Wildman–Crippen LogP) is 2.50. The standard InChI is InChI=1S/C22H33N3O4S/c1-21(2)17(22(21,3)4)19(27)24-20-16(14-5-10-29-13-15(14)30-20)18(26)23-6-7-25-8-11-28-12-9-25/h17H,5-13H2,1-4H3,(H,23,26)(H,24,27). The molecule has 2 amide bonds. The number of hydrogen-bond acceptors (Lipinski definition) is 6. The second-order valence-electron chi connectivity index (χ2n) is 9.59. The van der Waals surface area contributed by atoms with Crippen LogP contribution in [0.25, 0.3) is 0 Å². The Labute approximate surface area is 182 Å². The van der Waals surface area contributed by atoms with Gasteiger partial charge in [0.25, 0.3) is 5.91 Å². The highest BCUT2D eigenvalue weighted by Gasteiger charge is 2.68. The van der Waals surface area contributed by atoms with Gasteiger partial charge in [0.2, 0.25) is 5.91 Å². The molecule has 1 aromatic heterocycles. The van der Waals surface area contributed by atoms with Crippen LogP contribution in [-0.4, -0.2) is 62.7 Å². The molecule has 0 atom stereocenters. The minimum Gasteiger partial charge on any atom is -0.379 e. The zero-order valence-corrected chi connectivity index (χ0v) is 19.2. The van der Waals surface area contributed by atoms with Crippen molar-refractivity contribution in [3.05, 3.63) is 16.0 Å². The van der Waals surface area contributed by atoms with Crippen molar-refractivity contribution in [2.75, 3.05) is 51.3 Å². The molecule has 3 aliphatic rings. The van der Waals surface area contributed by atoms with Crippen molar-refractivity contribution >= 4 is 28.2 Å². The first-order chi connectivity index (χ1) is 14.2. The van der Waals surface area contributed by atoms with Gasteiger partial charge < -0.3 is 20.1 Å². The summed E-state index contributed by atoms with van der Waals surface area (Å²) >= 11 is 1.48. The number of fused-ring (bicyclic) bond motifs is 1. The maximum atomic E-state index is 13.1. The highest BCUT2D eigenvalue weighted by Crippen LogP contribution is 2.68. The summed E-state index contributed by atoms with van der Waals surface area (Å²) < 4.78 is 11.0. The summed E-state index contributed by atoms with van der Waals surface area (Å²) in [7, 11) is 0. The monoisotopic (exact) mass is 435 g/mol. The molecule has 2 fully saturated rings. The zero-order chi connectivity index (χ0) is 21.5. The molecule has 30 heavy (non-hydrogen) atoms. The summed E-state index contributed by atoms with van der Waals surface area (Å²) in [6.07, 6.45) is 0.703. The summed E-state index contributed by atoms with van der Waals surface area (Å²) in [5.74, 6) is -0.156. The molecule has 8 heteroatoms. The van der Waals surface area contributed by atoms with Gasteiger partial charge in [0.1, 0.15) is 5.00 Å². The van der Waals surface area contributed by atoms with Crippen LogP contribution in [0.5, 0.6) is 0 Å². The molecule has 1 aromatic rings. The molecule has 4 rings (SSSR count). The molecular weight excluding hydrogens is 402 g/mol. The molecule has 1 saturated carbocycles. The second-order valence-corrected chi connectivity index (χ2v) is 10.7. The number of nitrogens with zero attached hydrogens (tertiary/aromatic N) is 1. The predicted molar refractivity (Wildman–Crippen MR) is 117 cm³/mol. The average Bonchev–Trinajstić information content (AvgIpc) is 2.97. The highest BCUT2D eigenvalue weighted by atomic mass is 32.1. The molecule has 166 valence electrons. The van der Waals surface area contributed by atoms with Crippen molar-refractivity contribution in [1.82, 2.24) is 10.2 Å². The molecule has 3 heterocycles. The van der Waals surface area contributed by atoms with Crippen LogP contribution in [0, 0.1) is 16.7 Å². The Bertz CT molecular complexity index is 813. The third-order valence-electron chi connectivity index (χ3n) is 7.38. The molecule has 0 aromatic carbocycles. The number of ether oxygens (including phenoxy) is 2. The first-order valence-corrected chi connectivity index (χ1v) is 11.7. The van der Waals surface area contributed by atoms with Gasteiger partial charge >= 0.3 is 0 Å². The van der Waals surface area contributed by atoms with Crippen LogP contribution in [0.3, 0.4) is 0 Å². The van der Waals surface area contributed by atoms with Gasteiger partial charge in [-0.15, -0.1) is 11.3 Å². The lowest BCUT2D eigenvalue weighted by Gasteiger charge is -2.26. The number of anilines is 1. The summed E-state index contributed by atoms with van der Waals surface area (Å²) in [4.78, 5) is 29.5. The van der Waals surface area contributed by atoms with Crippen LogP contribution >= 0.6 is 11.3 Å². The van der Waals surface area contributed by atoms with E-state index in [1.165, 1.54) is 11.3 Å². The van der Waals surface area contributed by atoms with Gasteiger partial charge in [0.15, 0.2) is 0 Å². The molecule has 0 radical (unpaired) electrons. The number of carbonyl (C=O) groups excluding carboxylic acids is 2. The lowest BCUT2D eigenvalue weighted by molar-refractivity contribution is -0.118. The van der Waals surface area contributed by atoms with E-state index < -0.39 is 0 Å². The number of thiophene rings is 1. The van der Waals surface area contributed by atoms with Gasteiger partial charge in [-0.1, -0.05) is 27.7 Å². The smallest absolute Gasteiger partial charge is 0.254 e. The Morgan fingerprint density at radius 1 is 1.10 bits per heavy atom. The lowest BCUT2D eigenvalue weighted by Crippen LogP contribution is -2.41. The molecule has 2 aliphatic heterocycles. The summed E-state index contributed by atoms with van der Waals surface area (Å²) in [5.41, 5.74) is 1.57. The summed E-state index contributed by atoms with van der Waals surface area (Å²) in [5, 5.41) is 6.83. The molecule has 1 aliphatic carbocycles. The summed E-state index contributed by atoms with van der Waals surface area (Å²) in [6.45, 7) is 14.3. The number of hydrogen-bond donors (Lipinski definition) is 2. The molecular formula is C22H33N3O4S. The van der Waals surface area contributed by atoms with Crippen LogP contribution in [-0.2, 0) is 27.3 Å². The van der Waals surface area contributed by atoms with E-state index in [-0.39, 0.29) is 28.6 Å². The van der Waals surface area contributed by atoms with E-state index in [0.29, 0.717) is 36.7 Å². The van der Waals surface area contributed by atoms with Crippen molar-refractivity contribution in [1.29, 1.82) is 0 Å². The van der Waals surface area contributed by atoms with E-state index >= 15 is 0 Å². The number of carbonyl (C=O) groups is 2. The molecule has 0 unspecified atom stereocenters. The molecule has 0 bridgehead atoms. The number of amides is 2. The quantitative estimate of drug-likeness (QED) is 0.718. The van der Waals surface area contributed by atoms with Crippen molar-refractivity contribution in [3.8, 4) is 0 Å². The Hall–Kier alpha value is -1.48. The number of nitrogens with one attached hydrogen (secondary N) is 2. The fourth-order valence-electron chi connectivity index (χ4n) is 4.84. The van der Waals surface area contributed by atoms with E-state index in [4.69, 9.17) is 9.47 Å². The zero-order valence-electron chi connectivity index (χ0n) is 18.4. The molecule has 7 nitrogen and oxygen atoms in total. The largest absolute Gasteiger partial charge is 0.379 e. The van der Waals surface area contributed by atoms with Crippen LogP contribution in [0.1, 0.15) is 48.5 Å². The lowest BCUT2D eigenvalue weighted by atomic mass is 10.0. The topological polar surface area (TPSA) is 79.9 Å². The van der Waals surface area contributed by atoms with E-state index in [0.717, 1.165) is 43.3 Å². The van der Waals surface area contributed by atoms with Gasteiger partial charge in [-0.05, 0) is 22.8 Å². The van der Waals surface area contributed by atoms with Crippen LogP contribution < -0.4 is 10.6 Å². The third-order valence-corrected chi connectivity index (χ3v) is 8.51. The van der Waals surface area contributed by atoms with Crippen molar-refractivity contribution in [2.24, 2.45) is 16.7 Å². The molecule has 0 spiro atoms. The second kappa shape index (κ2) is 8.22. The van der Waals surface area contributed by atoms with Crippen LogP contribution in [0.4, 0.5) is 5.00 Å². The maximum absolute atomic E-state index is 13.1. The maximum Gasteiger partial charge on any atom is 0.254 e. The first-order valence-electron chi connectivity index (χ1n) is 10.8. The molecule has 1 saturated heterocycles. The van der Waals surface area contributed by atoms with Gasteiger partial charge in [0, 0.05) is 37.0 Å². The Balaban J connectivity index is 1.47. The average molecular weight is 436 g/mol.